The van der Waals surface area contributed by atoms with Crippen LogP contribution in [-0.2, 0) is 14.9 Å². The standard InChI is InChI=1S/C22H28N2O2/c1-24-15-13-22(14-16-24,19-11-7-4-8-12-19)17-23-21(25)20(26-2)18-9-5-3-6-10-18/h3-12,20H,13-17H2,1-2H3,(H,23,25)/t20-/m0/s1. The van der Waals surface area contributed by atoms with Gasteiger partial charge in [0.1, 0.15) is 0 Å². The summed E-state index contributed by atoms with van der Waals surface area (Å²) in [7, 11) is 3.74. The molecule has 26 heavy (non-hydrogen) atoms. The van der Waals surface area contributed by atoms with Gasteiger partial charge in [-0.05, 0) is 44.1 Å². The normalized spacial score (nSPS) is 18.2. The van der Waals surface area contributed by atoms with Crippen molar-refractivity contribution in [2.24, 2.45) is 0 Å². The molecular formula is C22H28N2O2. The van der Waals surface area contributed by atoms with Crippen LogP contribution in [-0.4, -0.2) is 44.6 Å². The molecule has 0 aliphatic carbocycles. The fourth-order valence-electron chi connectivity index (χ4n) is 3.78. The maximum absolute atomic E-state index is 12.8. The van der Waals surface area contributed by atoms with Crippen molar-refractivity contribution in [3.05, 3.63) is 71.8 Å². The SMILES string of the molecule is CO[C@H](C(=O)NCC1(c2ccccc2)CCN(C)CC1)c1ccccc1. The third-order valence-electron chi connectivity index (χ3n) is 5.51. The Labute approximate surface area is 156 Å². The van der Waals surface area contributed by atoms with E-state index in [1.807, 2.05) is 36.4 Å². The van der Waals surface area contributed by atoms with Gasteiger partial charge in [0.25, 0.3) is 5.91 Å². The third kappa shape index (κ3) is 4.14. The number of nitrogens with zero attached hydrogens (tertiary/aromatic N) is 1. The number of amides is 1. The Kier molecular flexibility index (Phi) is 6.07. The molecule has 4 nitrogen and oxygen atoms in total. The predicted octanol–water partition coefficient (Wildman–Crippen LogP) is 3.15. The summed E-state index contributed by atoms with van der Waals surface area (Å²) in [5.41, 5.74) is 2.17. The number of carbonyl (C=O) groups excluding carboxylic acids is 1. The van der Waals surface area contributed by atoms with Crippen LogP contribution in [0.1, 0.15) is 30.1 Å². The zero-order valence-electron chi connectivity index (χ0n) is 15.7. The average molecular weight is 352 g/mol. The van der Waals surface area contributed by atoms with E-state index in [1.54, 1.807) is 7.11 Å². The lowest BCUT2D eigenvalue weighted by Crippen LogP contribution is -2.48. The molecule has 0 radical (unpaired) electrons. The van der Waals surface area contributed by atoms with Crippen molar-refractivity contribution in [1.29, 1.82) is 0 Å². The van der Waals surface area contributed by atoms with E-state index in [1.165, 1.54) is 5.56 Å². The molecule has 0 spiro atoms. The van der Waals surface area contributed by atoms with Crippen molar-refractivity contribution in [3.8, 4) is 0 Å². The molecule has 3 rings (SSSR count). The van der Waals surface area contributed by atoms with Crippen LogP contribution in [0.4, 0.5) is 0 Å². The van der Waals surface area contributed by atoms with Crippen LogP contribution in [0.5, 0.6) is 0 Å². The predicted molar refractivity (Wildman–Crippen MR) is 104 cm³/mol. The van der Waals surface area contributed by atoms with Gasteiger partial charge in [-0.15, -0.1) is 0 Å². The molecule has 0 saturated carbocycles. The van der Waals surface area contributed by atoms with Crippen LogP contribution in [0.15, 0.2) is 60.7 Å². The molecule has 1 fully saturated rings. The molecule has 0 bridgehead atoms. The lowest BCUT2D eigenvalue weighted by molar-refractivity contribution is -0.131. The Morgan fingerprint density at radius 2 is 1.65 bits per heavy atom. The topological polar surface area (TPSA) is 41.6 Å². The summed E-state index contributed by atoms with van der Waals surface area (Å²) in [5, 5.41) is 3.17. The molecule has 2 aromatic rings. The molecule has 2 aromatic carbocycles. The highest BCUT2D eigenvalue weighted by atomic mass is 16.5. The Morgan fingerprint density at radius 1 is 1.08 bits per heavy atom. The molecule has 0 unspecified atom stereocenters. The highest BCUT2D eigenvalue weighted by Crippen LogP contribution is 2.34. The zero-order valence-corrected chi connectivity index (χ0v) is 15.7. The van der Waals surface area contributed by atoms with Crippen LogP contribution in [0.2, 0.25) is 0 Å². The summed E-state index contributed by atoms with van der Waals surface area (Å²) in [5.74, 6) is -0.0760. The number of methoxy groups -OCH3 is 1. The molecule has 0 aromatic heterocycles. The summed E-state index contributed by atoms with van der Waals surface area (Å²) in [6.45, 7) is 2.71. The summed E-state index contributed by atoms with van der Waals surface area (Å²) < 4.78 is 5.47. The van der Waals surface area contributed by atoms with Gasteiger partial charge in [-0.3, -0.25) is 4.79 Å². The van der Waals surface area contributed by atoms with E-state index in [4.69, 9.17) is 4.74 Å². The van der Waals surface area contributed by atoms with Crippen LogP contribution in [0, 0.1) is 0 Å². The minimum atomic E-state index is -0.574. The molecule has 1 amide bonds. The smallest absolute Gasteiger partial charge is 0.253 e. The van der Waals surface area contributed by atoms with Gasteiger partial charge in [0, 0.05) is 19.1 Å². The van der Waals surface area contributed by atoms with Crippen LogP contribution < -0.4 is 5.32 Å². The molecule has 138 valence electrons. The molecule has 1 aliphatic rings. The Balaban J connectivity index is 1.74. The first kappa shape index (κ1) is 18.6. The summed E-state index contributed by atoms with van der Waals surface area (Å²) in [6.07, 6.45) is 1.50. The van der Waals surface area contributed by atoms with E-state index in [9.17, 15) is 4.79 Å². The van der Waals surface area contributed by atoms with Crippen molar-refractivity contribution >= 4 is 5.91 Å². The second kappa shape index (κ2) is 8.47. The monoisotopic (exact) mass is 352 g/mol. The van der Waals surface area contributed by atoms with Crippen molar-refractivity contribution in [3.63, 3.8) is 0 Å². The Bertz CT molecular complexity index is 695. The number of carbonyl (C=O) groups is 1. The van der Waals surface area contributed by atoms with Crippen molar-refractivity contribution in [2.45, 2.75) is 24.4 Å². The van der Waals surface area contributed by atoms with Gasteiger partial charge >= 0.3 is 0 Å². The van der Waals surface area contributed by atoms with Crippen molar-refractivity contribution in [1.82, 2.24) is 10.2 Å². The van der Waals surface area contributed by atoms with Gasteiger partial charge in [-0.1, -0.05) is 60.7 Å². The fraction of sp³-hybridized carbons (Fsp3) is 0.409. The number of ether oxygens (including phenoxy) is 1. The summed E-state index contributed by atoms with van der Waals surface area (Å²) in [4.78, 5) is 15.2. The molecule has 1 aliphatic heterocycles. The van der Waals surface area contributed by atoms with Gasteiger partial charge in [0.15, 0.2) is 6.10 Å². The van der Waals surface area contributed by atoms with Gasteiger partial charge in [0.05, 0.1) is 0 Å². The van der Waals surface area contributed by atoms with Gasteiger partial charge in [0.2, 0.25) is 0 Å². The zero-order chi connectivity index (χ0) is 18.4. The van der Waals surface area contributed by atoms with E-state index in [-0.39, 0.29) is 11.3 Å². The van der Waals surface area contributed by atoms with Gasteiger partial charge in [-0.25, -0.2) is 0 Å². The average Bonchev–Trinajstić information content (AvgIpc) is 2.70. The lowest BCUT2D eigenvalue weighted by Gasteiger charge is -2.41. The molecular weight excluding hydrogens is 324 g/mol. The summed E-state index contributed by atoms with van der Waals surface area (Å²) >= 11 is 0. The molecule has 4 heteroatoms. The highest BCUT2D eigenvalue weighted by Gasteiger charge is 2.36. The molecule has 1 heterocycles. The van der Waals surface area contributed by atoms with Crippen LogP contribution in [0.25, 0.3) is 0 Å². The van der Waals surface area contributed by atoms with Gasteiger partial charge < -0.3 is 15.0 Å². The largest absolute Gasteiger partial charge is 0.367 e. The highest BCUT2D eigenvalue weighted by molar-refractivity contribution is 5.82. The van der Waals surface area contributed by atoms with Crippen LogP contribution in [0.3, 0.4) is 0 Å². The molecule has 1 N–H and O–H groups in total. The first-order valence-electron chi connectivity index (χ1n) is 9.24. The number of nitrogens with one attached hydrogen (secondary N) is 1. The number of piperidine rings is 1. The third-order valence-corrected chi connectivity index (χ3v) is 5.51. The maximum atomic E-state index is 12.8. The Morgan fingerprint density at radius 3 is 2.23 bits per heavy atom. The molecule has 1 saturated heterocycles. The summed E-state index contributed by atoms with van der Waals surface area (Å²) in [6, 6.07) is 20.2. The first-order valence-corrected chi connectivity index (χ1v) is 9.24. The van der Waals surface area contributed by atoms with E-state index in [0.717, 1.165) is 31.5 Å². The van der Waals surface area contributed by atoms with Crippen LogP contribution >= 0.6 is 0 Å². The number of hydrogen-bond donors (Lipinski definition) is 1. The lowest BCUT2D eigenvalue weighted by atomic mass is 9.72. The van der Waals surface area contributed by atoms with E-state index in [2.05, 4.69) is 41.5 Å². The number of rotatable bonds is 6. The fourth-order valence-corrected chi connectivity index (χ4v) is 3.78. The second-order valence-electron chi connectivity index (χ2n) is 7.19. The van der Waals surface area contributed by atoms with Gasteiger partial charge in [-0.2, -0.15) is 0 Å². The minimum absolute atomic E-state index is 0.0155. The number of likely N-dealkylation sites (tertiary alicyclic amines) is 1. The quantitative estimate of drug-likeness (QED) is 0.868. The number of hydrogen-bond acceptors (Lipinski definition) is 3. The van der Waals surface area contributed by atoms with Crippen molar-refractivity contribution in [2.75, 3.05) is 33.8 Å². The van der Waals surface area contributed by atoms with E-state index < -0.39 is 6.10 Å². The maximum Gasteiger partial charge on any atom is 0.253 e. The first-order chi connectivity index (χ1) is 12.6. The molecule has 1 atom stereocenters. The Hall–Kier alpha value is -2.17. The van der Waals surface area contributed by atoms with E-state index in [0.29, 0.717) is 6.54 Å². The number of benzene rings is 2. The minimum Gasteiger partial charge on any atom is -0.367 e. The second-order valence-corrected chi connectivity index (χ2v) is 7.19. The van der Waals surface area contributed by atoms with E-state index >= 15 is 0 Å². The van der Waals surface area contributed by atoms with Crippen molar-refractivity contribution < 1.29 is 9.53 Å².